The van der Waals surface area contributed by atoms with Gasteiger partial charge in [-0.3, -0.25) is 4.68 Å². The molecule has 0 aliphatic heterocycles. The molecule has 0 aromatic carbocycles. The highest BCUT2D eigenvalue weighted by atomic mass is 32.2. The lowest BCUT2D eigenvalue weighted by Crippen LogP contribution is -2.01. The molecule has 0 radical (unpaired) electrons. The van der Waals surface area contributed by atoms with Crippen LogP contribution >= 0.6 is 11.8 Å². The van der Waals surface area contributed by atoms with E-state index in [2.05, 4.69) is 39.0 Å². The van der Waals surface area contributed by atoms with E-state index in [0.29, 0.717) is 6.04 Å². The fraction of sp³-hybridized carbons (Fsp3) is 0.700. The number of aromatic nitrogens is 2. The molecule has 74 valence electrons. The van der Waals surface area contributed by atoms with E-state index in [1.54, 1.807) is 0 Å². The van der Waals surface area contributed by atoms with Crippen LogP contribution < -0.4 is 0 Å². The van der Waals surface area contributed by atoms with Gasteiger partial charge in [-0.25, -0.2) is 0 Å². The molecule has 1 aromatic rings. The zero-order valence-corrected chi connectivity index (χ0v) is 9.69. The Kier molecular flexibility index (Phi) is 3.85. The van der Waals surface area contributed by atoms with Gasteiger partial charge in [-0.1, -0.05) is 6.92 Å². The third kappa shape index (κ3) is 2.76. The standard InChI is InChI=1S/C10H18N2S/c1-5-13-7-10-9(4)6-12(11-10)8(2)3/h6,8H,5,7H2,1-4H3. The van der Waals surface area contributed by atoms with Gasteiger partial charge in [-0.2, -0.15) is 16.9 Å². The summed E-state index contributed by atoms with van der Waals surface area (Å²) in [4.78, 5) is 0. The summed E-state index contributed by atoms with van der Waals surface area (Å²) in [6.07, 6.45) is 2.14. The van der Waals surface area contributed by atoms with Crippen molar-refractivity contribution in [1.29, 1.82) is 0 Å². The molecule has 1 heterocycles. The van der Waals surface area contributed by atoms with Crippen molar-refractivity contribution in [2.75, 3.05) is 5.75 Å². The van der Waals surface area contributed by atoms with Crippen molar-refractivity contribution < 1.29 is 0 Å². The lowest BCUT2D eigenvalue weighted by Gasteiger charge is -2.03. The number of thioether (sulfide) groups is 1. The van der Waals surface area contributed by atoms with Gasteiger partial charge in [-0.15, -0.1) is 0 Å². The van der Waals surface area contributed by atoms with E-state index in [1.807, 2.05) is 16.4 Å². The van der Waals surface area contributed by atoms with E-state index in [0.717, 1.165) is 11.5 Å². The van der Waals surface area contributed by atoms with E-state index in [9.17, 15) is 0 Å². The Morgan fingerprint density at radius 3 is 2.69 bits per heavy atom. The molecule has 0 aliphatic carbocycles. The van der Waals surface area contributed by atoms with E-state index >= 15 is 0 Å². The van der Waals surface area contributed by atoms with E-state index in [1.165, 1.54) is 11.3 Å². The van der Waals surface area contributed by atoms with Gasteiger partial charge in [0.1, 0.15) is 0 Å². The predicted molar refractivity (Wildman–Crippen MR) is 59.2 cm³/mol. The van der Waals surface area contributed by atoms with Gasteiger partial charge in [0, 0.05) is 18.0 Å². The molecule has 1 aromatic heterocycles. The van der Waals surface area contributed by atoms with Crippen LogP contribution in [-0.4, -0.2) is 15.5 Å². The first-order valence-corrected chi connectivity index (χ1v) is 5.93. The average Bonchev–Trinajstić information content (AvgIpc) is 2.44. The molecule has 2 nitrogen and oxygen atoms in total. The van der Waals surface area contributed by atoms with Crippen LogP contribution in [0.3, 0.4) is 0 Å². The Morgan fingerprint density at radius 2 is 2.23 bits per heavy atom. The summed E-state index contributed by atoms with van der Waals surface area (Å²) in [7, 11) is 0. The summed E-state index contributed by atoms with van der Waals surface area (Å²) in [5.41, 5.74) is 2.55. The first-order valence-electron chi connectivity index (χ1n) is 4.77. The minimum absolute atomic E-state index is 0.471. The maximum Gasteiger partial charge on any atom is 0.0752 e. The quantitative estimate of drug-likeness (QED) is 0.740. The van der Waals surface area contributed by atoms with Crippen LogP contribution in [0.1, 0.15) is 38.1 Å². The number of hydrogen-bond donors (Lipinski definition) is 0. The maximum absolute atomic E-state index is 4.54. The van der Waals surface area contributed by atoms with Crippen molar-refractivity contribution in [3.63, 3.8) is 0 Å². The highest BCUT2D eigenvalue weighted by Crippen LogP contribution is 2.15. The van der Waals surface area contributed by atoms with Crippen LogP contribution in [0.25, 0.3) is 0 Å². The zero-order valence-electron chi connectivity index (χ0n) is 8.87. The molecule has 1 rings (SSSR count). The van der Waals surface area contributed by atoms with Crippen LogP contribution in [0.15, 0.2) is 6.20 Å². The van der Waals surface area contributed by atoms with Gasteiger partial charge in [0.15, 0.2) is 0 Å². The number of rotatable bonds is 4. The van der Waals surface area contributed by atoms with Gasteiger partial charge < -0.3 is 0 Å². The van der Waals surface area contributed by atoms with Crippen molar-refractivity contribution in [2.24, 2.45) is 0 Å². The van der Waals surface area contributed by atoms with Crippen LogP contribution in [0, 0.1) is 6.92 Å². The molecule has 0 aliphatic rings. The molecule has 13 heavy (non-hydrogen) atoms. The fourth-order valence-electron chi connectivity index (χ4n) is 1.13. The van der Waals surface area contributed by atoms with Crippen molar-refractivity contribution in [3.8, 4) is 0 Å². The molecule has 0 fully saturated rings. The Balaban J connectivity index is 2.71. The third-order valence-corrected chi connectivity index (χ3v) is 2.88. The Hall–Kier alpha value is -0.440. The van der Waals surface area contributed by atoms with Crippen molar-refractivity contribution in [1.82, 2.24) is 9.78 Å². The second-order valence-electron chi connectivity index (χ2n) is 3.47. The summed E-state index contributed by atoms with van der Waals surface area (Å²) in [5.74, 6) is 2.20. The lowest BCUT2D eigenvalue weighted by molar-refractivity contribution is 0.528. The SMILES string of the molecule is CCSCc1nn(C(C)C)cc1C. The third-order valence-electron chi connectivity index (χ3n) is 1.99. The number of nitrogens with zero attached hydrogens (tertiary/aromatic N) is 2. The largest absolute Gasteiger partial charge is 0.270 e. The molecule has 0 saturated carbocycles. The Bertz CT molecular complexity index is 266. The summed E-state index contributed by atoms with van der Waals surface area (Å²) in [5, 5.41) is 4.54. The smallest absolute Gasteiger partial charge is 0.0752 e. The first-order chi connectivity index (χ1) is 6.15. The topological polar surface area (TPSA) is 17.8 Å². The molecule has 0 N–H and O–H groups in total. The van der Waals surface area contributed by atoms with Gasteiger partial charge in [-0.05, 0) is 32.1 Å². The highest BCUT2D eigenvalue weighted by Gasteiger charge is 2.06. The van der Waals surface area contributed by atoms with Crippen LogP contribution in [0.4, 0.5) is 0 Å². The van der Waals surface area contributed by atoms with Gasteiger partial charge in [0.05, 0.1) is 5.69 Å². The minimum atomic E-state index is 0.471. The van der Waals surface area contributed by atoms with Crippen molar-refractivity contribution in [3.05, 3.63) is 17.5 Å². The molecule has 0 atom stereocenters. The Morgan fingerprint density at radius 1 is 1.54 bits per heavy atom. The molecule has 0 spiro atoms. The normalized spacial score (nSPS) is 11.2. The summed E-state index contributed by atoms with van der Waals surface area (Å²) in [6.45, 7) is 8.63. The fourth-order valence-corrected chi connectivity index (χ4v) is 1.81. The summed E-state index contributed by atoms with van der Waals surface area (Å²) < 4.78 is 2.04. The van der Waals surface area contributed by atoms with Crippen LogP contribution in [0.5, 0.6) is 0 Å². The van der Waals surface area contributed by atoms with E-state index in [-0.39, 0.29) is 0 Å². The van der Waals surface area contributed by atoms with Gasteiger partial charge in [0.25, 0.3) is 0 Å². The lowest BCUT2D eigenvalue weighted by atomic mass is 10.3. The zero-order chi connectivity index (χ0) is 9.84. The summed E-state index contributed by atoms with van der Waals surface area (Å²) >= 11 is 1.92. The Labute approximate surface area is 84.7 Å². The average molecular weight is 198 g/mol. The second kappa shape index (κ2) is 4.70. The summed E-state index contributed by atoms with van der Waals surface area (Å²) in [6, 6.07) is 0.471. The number of hydrogen-bond acceptors (Lipinski definition) is 2. The second-order valence-corrected chi connectivity index (χ2v) is 4.74. The van der Waals surface area contributed by atoms with Crippen molar-refractivity contribution >= 4 is 11.8 Å². The van der Waals surface area contributed by atoms with Crippen molar-refractivity contribution in [2.45, 2.75) is 39.5 Å². The van der Waals surface area contributed by atoms with Crippen LogP contribution in [0.2, 0.25) is 0 Å². The molecular weight excluding hydrogens is 180 g/mol. The van der Waals surface area contributed by atoms with E-state index < -0.39 is 0 Å². The highest BCUT2D eigenvalue weighted by molar-refractivity contribution is 7.98. The maximum atomic E-state index is 4.54. The molecule has 3 heteroatoms. The van der Waals surface area contributed by atoms with E-state index in [4.69, 9.17) is 0 Å². The van der Waals surface area contributed by atoms with Gasteiger partial charge in [0.2, 0.25) is 0 Å². The predicted octanol–water partition coefficient (Wildman–Crippen LogP) is 3.03. The molecular formula is C10H18N2S. The molecule has 0 bridgehead atoms. The molecule has 0 amide bonds. The molecule has 0 saturated heterocycles. The molecule has 0 unspecified atom stereocenters. The number of aryl methyl sites for hydroxylation is 1. The monoisotopic (exact) mass is 198 g/mol. The minimum Gasteiger partial charge on any atom is -0.270 e. The van der Waals surface area contributed by atoms with Gasteiger partial charge >= 0.3 is 0 Å². The van der Waals surface area contributed by atoms with Crippen LogP contribution in [-0.2, 0) is 5.75 Å². The first kappa shape index (κ1) is 10.6.